The Morgan fingerprint density at radius 1 is 1.14 bits per heavy atom. The van der Waals surface area contributed by atoms with Crippen LogP contribution in [0.3, 0.4) is 0 Å². The van der Waals surface area contributed by atoms with Gasteiger partial charge >= 0.3 is 0 Å². The summed E-state index contributed by atoms with van der Waals surface area (Å²) in [4.78, 5) is 12.5. The number of carbonyl (C=O) groups excluding carboxylic acids is 1. The lowest BCUT2D eigenvalue weighted by atomic mass is 9.64. The SMILES string of the molecule is Cc1ccc(NC(=O)CC2CCC3(CC2)c2cccc(C)c2OC3CO)cc1. The number of rotatable bonds is 4. The Morgan fingerprint density at radius 3 is 2.54 bits per heavy atom. The molecule has 1 unspecified atom stereocenters. The van der Waals surface area contributed by atoms with Crippen molar-refractivity contribution in [1.29, 1.82) is 0 Å². The average molecular weight is 380 g/mol. The Kier molecular flexibility index (Phi) is 5.15. The minimum absolute atomic E-state index is 0.0344. The van der Waals surface area contributed by atoms with Gasteiger partial charge in [-0.1, -0.05) is 35.9 Å². The van der Waals surface area contributed by atoms with Crippen LogP contribution in [0.2, 0.25) is 0 Å². The van der Waals surface area contributed by atoms with Crippen molar-refractivity contribution >= 4 is 11.6 Å². The van der Waals surface area contributed by atoms with Crippen LogP contribution in [-0.2, 0) is 10.2 Å². The number of para-hydroxylation sites is 1. The van der Waals surface area contributed by atoms with Crippen LogP contribution in [0.4, 0.5) is 5.69 Å². The molecule has 1 amide bonds. The number of carbonyl (C=O) groups is 1. The zero-order chi connectivity index (χ0) is 19.7. The number of benzene rings is 2. The predicted octanol–water partition coefficient (Wildman–Crippen LogP) is 4.51. The van der Waals surface area contributed by atoms with E-state index in [1.165, 1.54) is 11.1 Å². The van der Waals surface area contributed by atoms with E-state index in [2.05, 4.69) is 30.4 Å². The van der Waals surface area contributed by atoms with E-state index in [4.69, 9.17) is 4.74 Å². The summed E-state index contributed by atoms with van der Waals surface area (Å²) in [6.45, 7) is 4.13. The first-order valence-electron chi connectivity index (χ1n) is 10.3. The Hall–Kier alpha value is -2.33. The van der Waals surface area contributed by atoms with Crippen molar-refractivity contribution < 1.29 is 14.6 Å². The molecule has 4 nitrogen and oxygen atoms in total. The highest BCUT2D eigenvalue weighted by Gasteiger charge is 2.50. The van der Waals surface area contributed by atoms with E-state index in [0.717, 1.165) is 42.7 Å². The standard InChI is InChI=1S/C24H29NO3/c1-16-6-8-19(9-7-16)25-22(27)14-18-10-12-24(13-11-18)20-5-3-4-17(2)23(20)28-21(24)15-26/h3-9,18,21,26H,10-15H2,1-2H3,(H,25,27). The molecule has 2 aromatic rings. The summed E-state index contributed by atoms with van der Waals surface area (Å²) in [7, 11) is 0. The first-order chi connectivity index (χ1) is 13.5. The minimum Gasteiger partial charge on any atom is -0.487 e. The van der Waals surface area contributed by atoms with E-state index < -0.39 is 0 Å². The van der Waals surface area contributed by atoms with Gasteiger partial charge in [0.15, 0.2) is 0 Å². The average Bonchev–Trinajstić information content (AvgIpc) is 3.00. The van der Waals surface area contributed by atoms with E-state index in [1.807, 2.05) is 31.2 Å². The van der Waals surface area contributed by atoms with Crippen LogP contribution in [-0.4, -0.2) is 23.7 Å². The lowest BCUT2D eigenvalue weighted by Gasteiger charge is -2.40. The summed E-state index contributed by atoms with van der Waals surface area (Å²) in [5.74, 6) is 1.42. The predicted molar refractivity (Wildman–Crippen MR) is 111 cm³/mol. The van der Waals surface area contributed by atoms with Crippen molar-refractivity contribution in [3.8, 4) is 5.75 Å². The van der Waals surface area contributed by atoms with Gasteiger partial charge < -0.3 is 15.2 Å². The second-order valence-corrected chi connectivity index (χ2v) is 8.46. The molecule has 2 aliphatic rings. The summed E-state index contributed by atoms with van der Waals surface area (Å²) < 4.78 is 6.16. The monoisotopic (exact) mass is 379 g/mol. The third-order valence-electron chi connectivity index (χ3n) is 6.60. The number of fused-ring (bicyclic) bond motifs is 2. The molecule has 1 aliphatic carbocycles. The van der Waals surface area contributed by atoms with Crippen LogP contribution in [0, 0.1) is 19.8 Å². The summed E-state index contributed by atoms with van der Waals surface area (Å²) >= 11 is 0. The number of aliphatic hydroxyl groups excluding tert-OH is 1. The molecule has 1 spiro atoms. The first-order valence-corrected chi connectivity index (χ1v) is 10.3. The second kappa shape index (κ2) is 7.59. The second-order valence-electron chi connectivity index (χ2n) is 8.46. The minimum atomic E-state index is -0.175. The highest BCUT2D eigenvalue weighted by molar-refractivity contribution is 5.90. The van der Waals surface area contributed by atoms with E-state index in [1.54, 1.807) is 0 Å². The van der Waals surface area contributed by atoms with Gasteiger partial charge in [-0.25, -0.2) is 0 Å². The van der Waals surface area contributed by atoms with E-state index in [9.17, 15) is 9.90 Å². The number of hydrogen-bond donors (Lipinski definition) is 2. The number of nitrogens with one attached hydrogen (secondary N) is 1. The number of hydrogen-bond acceptors (Lipinski definition) is 3. The Morgan fingerprint density at radius 2 is 1.86 bits per heavy atom. The van der Waals surface area contributed by atoms with Crippen LogP contribution in [0.5, 0.6) is 5.75 Å². The van der Waals surface area contributed by atoms with E-state index >= 15 is 0 Å². The molecular weight excluding hydrogens is 350 g/mol. The van der Waals surface area contributed by atoms with Gasteiger partial charge in [0.2, 0.25) is 5.91 Å². The highest BCUT2D eigenvalue weighted by atomic mass is 16.5. The van der Waals surface area contributed by atoms with Gasteiger partial charge in [0.25, 0.3) is 0 Å². The summed E-state index contributed by atoms with van der Waals surface area (Å²) in [5, 5.41) is 13.0. The molecule has 1 fully saturated rings. The van der Waals surface area contributed by atoms with Gasteiger partial charge in [-0.3, -0.25) is 4.79 Å². The maximum atomic E-state index is 12.5. The maximum Gasteiger partial charge on any atom is 0.224 e. The summed E-state index contributed by atoms with van der Waals surface area (Å²) in [6.07, 6.45) is 4.25. The van der Waals surface area contributed by atoms with Crippen molar-refractivity contribution in [1.82, 2.24) is 0 Å². The molecule has 0 saturated heterocycles. The number of anilines is 1. The Bertz CT molecular complexity index is 851. The molecule has 1 saturated carbocycles. The van der Waals surface area contributed by atoms with Crippen molar-refractivity contribution in [3.63, 3.8) is 0 Å². The molecule has 148 valence electrons. The normalized spacial score (nSPS) is 26.0. The number of ether oxygens (including phenoxy) is 1. The van der Waals surface area contributed by atoms with Gasteiger partial charge in [0.1, 0.15) is 11.9 Å². The van der Waals surface area contributed by atoms with Gasteiger partial charge in [-0.15, -0.1) is 0 Å². The van der Waals surface area contributed by atoms with Crippen LogP contribution < -0.4 is 10.1 Å². The van der Waals surface area contributed by atoms with Crippen LogP contribution >= 0.6 is 0 Å². The molecule has 4 heteroatoms. The van der Waals surface area contributed by atoms with E-state index in [0.29, 0.717) is 12.3 Å². The molecule has 0 bridgehead atoms. The third-order valence-corrected chi connectivity index (χ3v) is 6.60. The molecule has 1 heterocycles. The lowest BCUT2D eigenvalue weighted by molar-refractivity contribution is -0.117. The maximum absolute atomic E-state index is 12.5. The molecular formula is C24H29NO3. The fourth-order valence-corrected chi connectivity index (χ4v) is 4.94. The fourth-order valence-electron chi connectivity index (χ4n) is 4.94. The van der Waals surface area contributed by atoms with Crippen molar-refractivity contribution in [2.45, 2.75) is 57.5 Å². The van der Waals surface area contributed by atoms with Gasteiger partial charge in [-0.2, -0.15) is 0 Å². The highest BCUT2D eigenvalue weighted by Crippen LogP contribution is 2.53. The van der Waals surface area contributed by atoms with Gasteiger partial charge in [0.05, 0.1) is 6.61 Å². The van der Waals surface area contributed by atoms with Crippen molar-refractivity contribution in [2.75, 3.05) is 11.9 Å². The van der Waals surface area contributed by atoms with E-state index in [-0.39, 0.29) is 24.0 Å². The summed E-state index contributed by atoms with van der Waals surface area (Å²) in [5.41, 5.74) is 4.31. The molecule has 0 radical (unpaired) electrons. The molecule has 28 heavy (non-hydrogen) atoms. The first kappa shape index (κ1) is 19.0. The Balaban J connectivity index is 1.41. The molecule has 0 aromatic heterocycles. The molecule has 1 atom stereocenters. The molecule has 2 aromatic carbocycles. The lowest BCUT2D eigenvalue weighted by Crippen LogP contribution is -2.43. The fraction of sp³-hybridized carbons (Fsp3) is 0.458. The third kappa shape index (κ3) is 3.42. The van der Waals surface area contributed by atoms with Crippen LogP contribution in [0.1, 0.15) is 48.8 Å². The molecule has 2 N–H and O–H groups in total. The van der Waals surface area contributed by atoms with Crippen molar-refractivity contribution in [2.24, 2.45) is 5.92 Å². The quantitative estimate of drug-likeness (QED) is 0.821. The Labute approximate surface area is 166 Å². The number of amides is 1. The zero-order valence-corrected chi connectivity index (χ0v) is 16.7. The van der Waals surface area contributed by atoms with Crippen LogP contribution in [0.25, 0.3) is 0 Å². The molecule has 1 aliphatic heterocycles. The van der Waals surface area contributed by atoms with Gasteiger partial charge in [0, 0.05) is 23.1 Å². The molecule has 4 rings (SSSR count). The topological polar surface area (TPSA) is 58.6 Å². The number of aliphatic hydroxyl groups is 1. The van der Waals surface area contributed by atoms with Gasteiger partial charge in [-0.05, 0) is 63.1 Å². The summed E-state index contributed by atoms with van der Waals surface area (Å²) in [6, 6.07) is 14.2. The van der Waals surface area contributed by atoms with Crippen LogP contribution in [0.15, 0.2) is 42.5 Å². The largest absolute Gasteiger partial charge is 0.487 e. The smallest absolute Gasteiger partial charge is 0.224 e. The van der Waals surface area contributed by atoms with Crippen molar-refractivity contribution in [3.05, 3.63) is 59.2 Å². The zero-order valence-electron chi connectivity index (χ0n) is 16.7. The number of aryl methyl sites for hydroxylation is 2.